The number of halogens is 3. The molecule has 33 heteroatoms. The number of aryl methyl sites for hydroxylation is 2. The Morgan fingerprint density at radius 3 is 1.15 bits per heavy atom. The average molecular weight is 1720 g/mol. The van der Waals surface area contributed by atoms with Crippen molar-refractivity contribution in [1.82, 2.24) is 97.9 Å². The van der Waals surface area contributed by atoms with Crippen LogP contribution >= 0.6 is 0 Å². The van der Waals surface area contributed by atoms with Crippen molar-refractivity contribution in [1.29, 1.82) is 0 Å². The molecule has 0 saturated carbocycles. The molecule has 650 valence electrons. The van der Waals surface area contributed by atoms with Gasteiger partial charge in [0.2, 0.25) is 23.8 Å². The van der Waals surface area contributed by atoms with Gasteiger partial charge in [0.1, 0.15) is 74.3 Å². The number of rotatable bonds is 13. The van der Waals surface area contributed by atoms with Gasteiger partial charge < -0.3 is 86.0 Å². The molecule has 1 unspecified atom stereocenters. The van der Waals surface area contributed by atoms with Gasteiger partial charge >= 0.3 is 6.18 Å². The highest BCUT2D eigenvalue weighted by molar-refractivity contribution is 5.89. The molecule has 1 atom stereocenters. The van der Waals surface area contributed by atoms with Gasteiger partial charge in [0.15, 0.2) is 5.60 Å². The molecule has 3 aliphatic heterocycles. The lowest BCUT2D eigenvalue weighted by Crippen LogP contribution is -2.35. The fourth-order valence-corrected chi connectivity index (χ4v) is 14.9. The number of anilines is 4. The molecule has 125 heavy (non-hydrogen) atoms. The minimum absolute atomic E-state index is 0.00863. The van der Waals surface area contributed by atoms with E-state index >= 15 is 0 Å². The van der Waals surface area contributed by atoms with Crippen molar-refractivity contribution < 1.29 is 63.8 Å². The predicted octanol–water partition coefficient (Wildman–Crippen LogP) is 11.0. The molecule has 0 amide bonds. The van der Waals surface area contributed by atoms with Crippen molar-refractivity contribution in [2.45, 2.75) is 179 Å². The standard InChI is InChI=1S/C25H27N7O2.C24H27F3N6O.C22H26N6O.C21H25N5O2/c1-16-12-22(30-34-16)25(2,33)8-4-18-13-21-19(14-28-18)20(17-6-10-31(3)11-7-17)15-32(21)23-5-9-27-24(26)29-23;1-23(2,34)7-3-17-13-20-18(14-30-17)19(15-33(20)21-4-9-29-22(28)31-21)16-5-10-32(11-6-16)12-8-24(25,26)27;1-22(2,29)8-4-16-12-19-17(13-25-16)18(15-6-10-27(3)11-7-15)14-28(19)20-5-9-24-21(23)26-20;1-20(2,27)8-5-14-13-26(18-7-10-23-19(22)25-18)17-11-15(24-12-16(14)17)6-9-21(3,4)28/h5,9,12-15,17,33H,6-7,10-11H2,1-3H3,(H2,26,27,29);4,9,13-16,34H,5-6,8,10-12H2,1-2H3,(H2,28,29,31);5,9,12-15,29H,6-7,10-11H2,1-3H3,(H2,23,24,26);7,10-13,27-28H,5,8H2,1-4H3,(H2,22,23,25)/i;1D3,2D3;1D3,2D3,3D3;. The molecule has 13 aromatic rings. The summed E-state index contributed by atoms with van der Waals surface area (Å²) in [5.74, 6) is 24.2. The summed E-state index contributed by atoms with van der Waals surface area (Å²) in [4.78, 5) is 56.3. The third-order valence-corrected chi connectivity index (χ3v) is 21.2. The van der Waals surface area contributed by atoms with E-state index in [0.29, 0.717) is 133 Å². The first-order valence-corrected chi connectivity index (χ1v) is 40.1. The zero-order chi connectivity index (χ0) is 102. The van der Waals surface area contributed by atoms with Crippen molar-refractivity contribution in [3.05, 3.63) is 185 Å². The molecule has 13 N–H and O–H groups in total. The van der Waals surface area contributed by atoms with Crippen LogP contribution in [0, 0.1) is 54.3 Å². The molecule has 3 fully saturated rings. The first-order valence-electron chi connectivity index (χ1n) is 47.6. The Labute approximate surface area is 743 Å². The van der Waals surface area contributed by atoms with Crippen LogP contribution in [0.25, 0.3) is 66.9 Å². The van der Waals surface area contributed by atoms with Crippen LogP contribution in [-0.2, 0) is 12.0 Å². The van der Waals surface area contributed by atoms with E-state index in [2.05, 4.69) is 119 Å². The van der Waals surface area contributed by atoms with E-state index in [1.54, 1.807) is 104 Å². The van der Waals surface area contributed by atoms with Crippen LogP contribution < -0.4 is 22.9 Å². The van der Waals surface area contributed by atoms with E-state index in [-0.39, 0.29) is 53.6 Å². The Kier molecular flexibility index (Phi) is 21.4. The van der Waals surface area contributed by atoms with E-state index in [1.165, 1.54) is 41.3 Å². The summed E-state index contributed by atoms with van der Waals surface area (Å²) >= 11 is 0. The van der Waals surface area contributed by atoms with Crippen LogP contribution in [0.2, 0.25) is 0 Å². The number of likely N-dealkylation sites (tertiary alicyclic amines) is 3. The molecule has 13 aromatic heterocycles. The van der Waals surface area contributed by atoms with E-state index in [0.717, 1.165) is 69.8 Å². The molecule has 0 radical (unpaired) electrons. The van der Waals surface area contributed by atoms with Crippen molar-refractivity contribution in [2.24, 2.45) is 0 Å². The molecule has 16 heterocycles. The number of pyridine rings is 4. The number of fused-ring (bicyclic) bond motifs is 4. The zero-order valence-electron chi connectivity index (χ0n) is 84.7. The Balaban J connectivity index is 0.000000158. The van der Waals surface area contributed by atoms with Crippen LogP contribution in [0.15, 0.2) is 133 Å². The van der Waals surface area contributed by atoms with Gasteiger partial charge in [0.05, 0.1) is 34.1 Å². The summed E-state index contributed by atoms with van der Waals surface area (Å²) in [6, 6.07) is 15.4. The van der Waals surface area contributed by atoms with Crippen molar-refractivity contribution in [3.63, 3.8) is 0 Å². The maximum Gasteiger partial charge on any atom is 0.390 e. The molecular weight excluding hydrogens is 1590 g/mol. The van der Waals surface area contributed by atoms with Crippen LogP contribution in [-0.4, -0.2) is 212 Å². The van der Waals surface area contributed by atoms with Gasteiger partial charge in [-0.25, -0.2) is 39.9 Å². The lowest BCUT2D eigenvalue weighted by molar-refractivity contribution is -0.138. The van der Waals surface area contributed by atoms with Gasteiger partial charge in [-0.15, -0.1) is 0 Å². The lowest BCUT2D eigenvalue weighted by Gasteiger charge is -2.32. The van der Waals surface area contributed by atoms with Gasteiger partial charge in [0, 0.05) is 129 Å². The summed E-state index contributed by atoms with van der Waals surface area (Å²) in [5.41, 5.74) is 21.9. The molecule has 30 nitrogen and oxygen atoms in total. The molecule has 0 bridgehead atoms. The fraction of sp³-hybridized carbons (Fsp3) is 0.402. The smallest absolute Gasteiger partial charge is 0.390 e. The van der Waals surface area contributed by atoms with Crippen LogP contribution in [0.1, 0.15) is 208 Å². The fourth-order valence-electron chi connectivity index (χ4n) is 14.9. The summed E-state index contributed by atoms with van der Waals surface area (Å²) in [6.07, 6.45) is 21.6. The lowest BCUT2D eigenvalue weighted by atomic mass is 9.89. The van der Waals surface area contributed by atoms with Gasteiger partial charge in [-0.1, -0.05) is 28.8 Å². The number of nitrogens with two attached hydrogens (primary N) is 4. The monoisotopic (exact) mass is 1710 g/mol. The van der Waals surface area contributed by atoms with Gasteiger partial charge in [0.25, 0.3) is 0 Å². The number of hydrogen-bond acceptors (Lipinski definition) is 26. The first-order chi connectivity index (χ1) is 65.3. The highest BCUT2D eigenvalue weighted by Crippen LogP contribution is 2.40. The number of aromatic nitrogens is 17. The SMILES string of the molecule is CC(C)(O)C#Cc1cc2c(cn1)c(CCC(C)(C)O)cn2-c1ccnc(N)n1.Cc1cc(C(C)(O)C#Cc2cc3c(cn2)c(C2CCN(C)CC2)cn3-c2ccnc(N)n2)no1.[2H]C([2H])([2H])C(O)(C#Cc1cc2c(cn1)c(C1CCN(CCC(F)(F)F)CC1)cn2-c1ccnc(N)n1)C([2H])([2H])[2H].[2H]C([2H])([2H])N1CCC(c2cn(-c3ccnc(N)n3)c3cc(C#CC(O)(C([2H])([2H])[2H])C([2H])([2H])[2H])ncc23)CC1. The predicted molar refractivity (Wildman–Crippen MR) is 474 cm³/mol. The highest BCUT2D eigenvalue weighted by Gasteiger charge is 2.33. The van der Waals surface area contributed by atoms with Crippen molar-refractivity contribution in [2.75, 3.05) is 82.8 Å². The second kappa shape index (κ2) is 37.3. The molecule has 0 aromatic carbocycles. The third-order valence-electron chi connectivity index (χ3n) is 21.2. The summed E-state index contributed by atoms with van der Waals surface area (Å²) < 4.78 is 163. The Hall–Kier alpha value is -12.8. The topological polar surface area (TPSA) is 415 Å². The van der Waals surface area contributed by atoms with Crippen LogP contribution in [0.4, 0.5) is 37.0 Å². The molecule has 16 rings (SSSR count). The second-order valence-corrected chi connectivity index (χ2v) is 32.3. The molecular formula is C92H105F3N24O6. The van der Waals surface area contributed by atoms with Gasteiger partial charge in [-0.05, 0) is 286 Å². The normalized spacial score (nSPS) is 17.6. The summed E-state index contributed by atoms with van der Waals surface area (Å²) in [6.45, 7) is -1.31. The number of piperidine rings is 3. The first kappa shape index (κ1) is 71.6. The van der Waals surface area contributed by atoms with E-state index in [4.69, 9.17) is 48.0 Å². The van der Waals surface area contributed by atoms with Crippen molar-refractivity contribution >= 4 is 67.4 Å². The van der Waals surface area contributed by atoms with E-state index in [9.17, 15) is 38.7 Å². The zero-order valence-corrected chi connectivity index (χ0v) is 69.7. The Morgan fingerprint density at radius 1 is 0.456 bits per heavy atom. The molecule has 3 aliphatic rings. The van der Waals surface area contributed by atoms with E-state index in [1.807, 2.05) is 64.0 Å². The number of aliphatic hydroxyl groups is 5. The minimum Gasteiger partial charge on any atom is -0.390 e. The minimum atomic E-state index is -4.21. The number of nitrogen functional groups attached to an aromatic ring is 4. The second-order valence-electron chi connectivity index (χ2n) is 32.3. The number of nitrogens with zero attached hydrogens (tertiary/aromatic N) is 20. The van der Waals surface area contributed by atoms with Crippen LogP contribution in [0.3, 0.4) is 0 Å². The van der Waals surface area contributed by atoms with Gasteiger partial charge in [-0.2, -0.15) is 33.1 Å². The Morgan fingerprint density at radius 2 is 0.808 bits per heavy atom. The molecule has 0 aliphatic carbocycles. The summed E-state index contributed by atoms with van der Waals surface area (Å²) in [7, 11) is 2.16. The maximum atomic E-state index is 12.7. The highest BCUT2D eigenvalue weighted by atomic mass is 19.4. The largest absolute Gasteiger partial charge is 0.390 e. The quantitative estimate of drug-likeness (QED) is 0.0484. The Bertz CT molecular complexity index is 6920. The number of hydrogen-bond donors (Lipinski definition) is 9. The van der Waals surface area contributed by atoms with Crippen LogP contribution in [0.5, 0.6) is 0 Å². The third kappa shape index (κ3) is 23.8. The van der Waals surface area contributed by atoms with E-state index < -0.39 is 75.0 Å². The maximum absolute atomic E-state index is 12.7. The van der Waals surface area contributed by atoms with Gasteiger partial charge in [-0.3, -0.25) is 0 Å². The molecule has 0 spiro atoms. The average Bonchev–Trinajstić information content (AvgIpc) is 1.59. The van der Waals surface area contributed by atoms with Crippen molar-refractivity contribution in [3.8, 4) is 70.6 Å². The molecule has 3 saturated heterocycles. The summed E-state index contributed by atoms with van der Waals surface area (Å²) in [5, 5.41) is 59.0. The number of alkyl halides is 3.